The number of halogens is 2. The first-order valence-electron chi connectivity index (χ1n) is 12.0. The van der Waals surface area contributed by atoms with E-state index in [1.54, 1.807) is 48.8 Å². The highest BCUT2D eigenvalue weighted by Crippen LogP contribution is 2.35. The number of rotatable bonds is 8. The van der Waals surface area contributed by atoms with Crippen molar-refractivity contribution in [1.29, 1.82) is 0 Å². The number of aromatic nitrogens is 1. The van der Waals surface area contributed by atoms with Gasteiger partial charge in [0.2, 0.25) is 5.92 Å². The molecule has 0 unspecified atom stereocenters. The molecule has 2 amide bonds. The van der Waals surface area contributed by atoms with Crippen LogP contribution in [0.25, 0.3) is 11.1 Å². The van der Waals surface area contributed by atoms with E-state index in [9.17, 15) is 23.5 Å². The van der Waals surface area contributed by atoms with E-state index in [0.29, 0.717) is 36.1 Å². The van der Waals surface area contributed by atoms with E-state index in [1.807, 2.05) is 24.3 Å². The summed E-state index contributed by atoms with van der Waals surface area (Å²) >= 11 is 0. The van der Waals surface area contributed by atoms with E-state index in [0.717, 1.165) is 11.1 Å². The molecule has 4 rings (SSSR count). The molecule has 0 radical (unpaired) electrons. The van der Waals surface area contributed by atoms with Gasteiger partial charge >= 0.3 is 0 Å². The molecule has 1 atom stereocenters. The second-order valence-corrected chi connectivity index (χ2v) is 9.16. The van der Waals surface area contributed by atoms with Crippen LogP contribution < -0.4 is 10.6 Å². The van der Waals surface area contributed by atoms with Gasteiger partial charge in [0, 0.05) is 42.9 Å². The molecule has 1 aromatic heterocycles. The zero-order chi connectivity index (χ0) is 25.5. The number of alkyl halides is 2. The molecule has 3 aromatic rings. The first kappa shape index (κ1) is 25.4. The van der Waals surface area contributed by atoms with Gasteiger partial charge in [0.25, 0.3) is 11.8 Å². The maximum absolute atomic E-state index is 13.3. The first-order chi connectivity index (χ1) is 17.3. The topological polar surface area (TPSA) is 91.3 Å². The van der Waals surface area contributed by atoms with Crippen LogP contribution in [-0.4, -0.2) is 41.0 Å². The summed E-state index contributed by atoms with van der Waals surface area (Å²) in [6.07, 6.45) is 3.88. The molecule has 1 fully saturated rings. The number of hydrogen-bond acceptors (Lipinski definition) is 4. The highest BCUT2D eigenvalue weighted by molar-refractivity contribution is 5.95. The third-order valence-corrected chi connectivity index (χ3v) is 6.59. The fourth-order valence-corrected chi connectivity index (χ4v) is 4.37. The Kier molecular flexibility index (Phi) is 8.05. The molecular formula is C28H29F2N3O3. The molecule has 1 heterocycles. The van der Waals surface area contributed by atoms with Crippen LogP contribution in [0.15, 0.2) is 73.1 Å². The Morgan fingerprint density at radius 3 is 2.28 bits per heavy atom. The van der Waals surface area contributed by atoms with Crippen molar-refractivity contribution in [1.82, 2.24) is 15.6 Å². The normalized spacial score (nSPS) is 16.2. The number of aliphatic hydroxyl groups is 1. The molecule has 6 nitrogen and oxygen atoms in total. The largest absolute Gasteiger partial charge is 0.394 e. The summed E-state index contributed by atoms with van der Waals surface area (Å²) in [5.41, 5.74) is 3.35. The second-order valence-electron chi connectivity index (χ2n) is 9.16. The lowest BCUT2D eigenvalue weighted by Gasteiger charge is -2.28. The molecule has 1 aliphatic carbocycles. The molecule has 2 aromatic carbocycles. The van der Waals surface area contributed by atoms with E-state index in [2.05, 4.69) is 15.6 Å². The minimum absolute atomic E-state index is 0.0335. The van der Waals surface area contributed by atoms with Crippen LogP contribution in [0, 0.1) is 5.92 Å². The summed E-state index contributed by atoms with van der Waals surface area (Å²) in [6, 6.07) is 16.9. The Balaban J connectivity index is 1.36. The van der Waals surface area contributed by atoms with Crippen LogP contribution >= 0.6 is 0 Å². The van der Waals surface area contributed by atoms with Crippen LogP contribution in [-0.2, 0) is 0 Å². The van der Waals surface area contributed by atoms with Crippen molar-refractivity contribution in [3.05, 3.63) is 89.7 Å². The minimum atomic E-state index is -2.60. The molecule has 0 aliphatic heterocycles. The van der Waals surface area contributed by atoms with E-state index in [-0.39, 0.29) is 37.2 Å². The predicted molar refractivity (Wildman–Crippen MR) is 133 cm³/mol. The zero-order valence-electron chi connectivity index (χ0n) is 19.8. The van der Waals surface area contributed by atoms with Crippen molar-refractivity contribution in [2.45, 2.75) is 37.6 Å². The van der Waals surface area contributed by atoms with Gasteiger partial charge < -0.3 is 15.7 Å². The lowest BCUT2D eigenvalue weighted by molar-refractivity contribution is -0.0452. The molecule has 3 N–H and O–H groups in total. The summed E-state index contributed by atoms with van der Waals surface area (Å²) in [7, 11) is 0. The van der Waals surface area contributed by atoms with Gasteiger partial charge in [0.05, 0.1) is 12.6 Å². The fraction of sp³-hybridized carbons (Fsp3) is 0.321. The number of nitrogens with zero attached hydrogens (tertiary/aromatic N) is 1. The van der Waals surface area contributed by atoms with Crippen molar-refractivity contribution in [2.75, 3.05) is 13.2 Å². The van der Waals surface area contributed by atoms with Gasteiger partial charge in [-0.2, -0.15) is 0 Å². The summed E-state index contributed by atoms with van der Waals surface area (Å²) in [5, 5.41) is 15.6. The van der Waals surface area contributed by atoms with Crippen LogP contribution in [0.3, 0.4) is 0 Å². The Hall–Kier alpha value is -3.65. The number of benzene rings is 2. The average Bonchev–Trinajstić information content (AvgIpc) is 2.91. The van der Waals surface area contributed by atoms with Gasteiger partial charge in [0.15, 0.2) is 0 Å². The highest BCUT2D eigenvalue weighted by atomic mass is 19.3. The van der Waals surface area contributed by atoms with E-state index in [4.69, 9.17) is 0 Å². The smallest absolute Gasteiger partial charge is 0.251 e. The molecule has 0 saturated heterocycles. The first-order valence-corrected chi connectivity index (χ1v) is 12.0. The lowest BCUT2D eigenvalue weighted by atomic mass is 9.87. The highest BCUT2D eigenvalue weighted by Gasteiger charge is 2.34. The second kappa shape index (κ2) is 11.4. The van der Waals surface area contributed by atoms with Gasteiger partial charge in [-0.15, -0.1) is 0 Å². The number of amides is 2. The van der Waals surface area contributed by atoms with E-state index in [1.165, 1.54) is 0 Å². The number of carbonyl (C=O) groups excluding carboxylic acids is 2. The molecule has 1 saturated carbocycles. The van der Waals surface area contributed by atoms with Gasteiger partial charge in [-0.1, -0.05) is 24.3 Å². The van der Waals surface area contributed by atoms with Crippen molar-refractivity contribution < 1.29 is 23.5 Å². The molecular weight excluding hydrogens is 464 g/mol. The van der Waals surface area contributed by atoms with Crippen LogP contribution in [0.1, 0.15) is 58.0 Å². The zero-order valence-corrected chi connectivity index (χ0v) is 19.8. The third-order valence-electron chi connectivity index (χ3n) is 6.59. The summed E-state index contributed by atoms with van der Waals surface area (Å²) < 4.78 is 26.7. The minimum Gasteiger partial charge on any atom is -0.394 e. The Morgan fingerprint density at radius 2 is 1.61 bits per heavy atom. The monoisotopic (exact) mass is 493 g/mol. The maximum atomic E-state index is 13.3. The number of pyridine rings is 1. The molecule has 36 heavy (non-hydrogen) atoms. The van der Waals surface area contributed by atoms with Crippen molar-refractivity contribution in [3.63, 3.8) is 0 Å². The number of hydrogen-bond donors (Lipinski definition) is 3. The number of aliphatic hydroxyl groups excluding tert-OH is 1. The maximum Gasteiger partial charge on any atom is 0.251 e. The van der Waals surface area contributed by atoms with Crippen LogP contribution in [0.4, 0.5) is 8.78 Å². The van der Waals surface area contributed by atoms with Crippen LogP contribution in [0.5, 0.6) is 0 Å². The SMILES string of the molecule is O=C(NCC1CCC(F)(F)CC1)c1cccc([C@@H](CO)NC(=O)c2ccc(-c3ccncc3)cc2)c1. The van der Waals surface area contributed by atoms with Gasteiger partial charge in [-0.05, 0) is 71.8 Å². The summed E-state index contributed by atoms with van der Waals surface area (Å²) in [6.45, 7) is -0.00298. The van der Waals surface area contributed by atoms with Gasteiger partial charge in [0.1, 0.15) is 0 Å². The predicted octanol–water partition coefficient (Wildman–Crippen LogP) is 4.77. The van der Waals surface area contributed by atoms with Crippen molar-refractivity contribution in [2.24, 2.45) is 5.92 Å². The van der Waals surface area contributed by atoms with E-state index >= 15 is 0 Å². The summed E-state index contributed by atoms with van der Waals surface area (Å²) in [4.78, 5) is 29.5. The molecule has 188 valence electrons. The number of nitrogens with one attached hydrogen (secondary N) is 2. The Bertz CT molecular complexity index is 1180. The van der Waals surface area contributed by atoms with Gasteiger partial charge in [-0.3, -0.25) is 14.6 Å². The molecule has 1 aliphatic rings. The van der Waals surface area contributed by atoms with E-state index < -0.39 is 12.0 Å². The number of carbonyl (C=O) groups is 2. The lowest BCUT2D eigenvalue weighted by Crippen LogP contribution is -2.34. The molecule has 0 spiro atoms. The van der Waals surface area contributed by atoms with Crippen molar-refractivity contribution >= 4 is 11.8 Å². The fourth-order valence-electron chi connectivity index (χ4n) is 4.37. The van der Waals surface area contributed by atoms with Gasteiger partial charge in [-0.25, -0.2) is 8.78 Å². The van der Waals surface area contributed by atoms with Crippen LogP contribution in [0.2, 0.25) is 0 Å². The standard InChI is InChI=1S/C28H29F2N3O3/c29-28(30)12-8-19(9-13-28)17-32-26(35)24-3-1-2-23(16-24)25(18-34)33-27(36)22-6-4-20(5-7-22)21-10-14-31-15-11-21/h1-7,10-11,14-16,19,25,34H,8-9,12-13,17-18H2,(H,32,35)(H,33,36)/t25-/m1/s1. The Labute approximate surface area is 208 Å². The molecule has 8 heteroatoms. The Morgan fingerprint density at radius 1 is 0.944 bits per heavy atom. The average molecular weight is 494 g/mol. The third kappa shape index (κ3) is 6.51. The van der Waals surface area contributed by atoms with Crippen molar-refractivity contribution in [3.8, 4) is 11.1 Å². The quantitative estimate of drug-likeness (QED) is 0.422. The summed E-state index contributed by atoms with van der Waals surface area (Å²) in [5.74, 6) is -3.23. The molecule has 0 bridgehead atoms.